The van der Waals surface area contributed by atoms with E-state index in [0.717, 1.165) is 33.2 Å². The van der Waals surface area contributed by atoms with Gasteiger partial charge < -0.3 is 18.1 Å². The summed E-state index contributed by atoms with van der Waals surface area (Å²) < 4.78 is 78.3. The average molecular weight is 649 g/mol. The largest absolute Gasteiger partial charge is 0.534 e. The topological polar surface area (TPSA) is 64.7 Å². The van der Waals surface area contributed by atoms with E-state index in [1.807, 2.05) is 125 Å². The van der Waals surface area contributed by atoms with Crippen molar-refractivity contribution in [3.63, 3.8) is 0 Å². The molecule has 0 spiro atoms. The van der Waals surface area contributed by atoms with Crippen molar-refractivity contribution in [3.05, 3.63) is 140 Å². The number of alkyl halides is 3. The van der Waals surface area contributed by atoms with Gasteiger partial charge in [-0.1, -0.05) is 78.9 Å². The van der Waals surface area contributed by atoms with Crippen LogP contribution in [-0.4, -0.2) is 18.5 Å². The van der Waals surface area contributed by atoms with Crippen LogP contribution in [0.15, 0.2) is 144 Å². The van der Waals surface area contributed by atoms with Gasteiger partial charge in [-0.3, -0.25) is 0 Å². The molecule has 0 saturated heterocycles. The van der Waals surface area contributed by atoms with E-state index in [1.54, 1.807) is 18.2 Å². The van der Waals surface area contributed by atoms with Crippen LogP contribution in [0.4, 0.5) is 30.2 Å². The van der Waals surface area contributed by atoms with Gasteiger partial charge in [0, 0.05) is 22.1 Å². The molecular formula is C37H23F3N2O4S. The Hall–Kier alpha value is -5.74. The molecule has 0 unspecified atom stereocenters. The molecule has 0 saturated carbocycles. The first-order valence-corrected chi connectivity index (χ1v) is 16.0. The van der Waals surface area contributed by atoms with Gasteiger partial charge in [0.25, 0.3) is 0 Å². The first kappa shape index (κ1) is 28.7. The molecule has 2 heterocycles. The van der Waals surface area contributed by atoms with E-state index in [-0.39, 0.29) is 5.58 Å². The Kier molecular flexibility index (Phi) is 6.52. The van der Waals surface area contributed by atoms with Crippen LogP contribution < -0.4 is 9.08 Å². The summed E-state index contributed by atoms with van der Waals surface area (Å²) in [5.74, 6) is -0.574. The molecule has 0 aliphatic heterocycles. The second kappa shape index (κ2) is 10.7. The van der Waals surface area contributed by atoms with E-state index >= 15 is 0 Å². The van der Waals surface area contributed by atoms with Crippen LogP contribution in [0.2, 0.25) is 0 Å². The zero-order chi connectivity index (χ0) is 32.3. The molecule has 0 N–H and O–H groups in total. The molecular weight excluding hydrogens is 625 g/mol. The maximum atomic E-state index is 13.6. The van der Waals surface area contributed by atoms with Gasteiger partial charge >= 0.3 is 15.6 Å². The van der Waals surface area contributed by atoms with Crippen LogP contribution in [0.3, 0.4) is 0 Å². The Labute approximate surface area is 266 Å². The molecule has 0 fully saturated rings. The van der Waals surface area contributed by atoms with Crippen molar-refractivity contribution in [1.29, 1.82) is 0 Å². The maximum Gasteiger partial charge on any atom is 0.534 e. The van der Waals surface area contributed by atoms with Crippen LogP contribution in [0.5, 0.6) is 5.75 Å². The van der Waals surface area contributed by atoms with E-state index in [1.165, 1.54) is 6.07 Å². The van der Waals surface area contributed by atoms with Crippen LogP contribution in [0, 0.1) is 0 Å². The van der Waals surface area contributed by atoms with Crippen molar-refractivity contribution in [2.45, 2.75) is 5.51 Å². The van der Waals surface area contributed by atoms with Crippen LogP contribution >= 0.6 is 0 Å². The first-order valence-electron chi connectivity index (χ1n) is 14.6. The second-order valence-electron chi connectivity index (χ2n) is 10.9. The third kappa shape index (κ3) is 4.59. The van der Waals surface area contributed by atoms with E-state index in [9.17, 15) is 21.6 Å². The number of furan rings is 1. The smallest absolute Gasteiger partial charge is 0.452 e. The predicted octanol–water partition coefficient (Wildman–Crippen LogP) is 10.4. The summed E-state index contributed by atoms with van der Waals surface area (Å²) in [6, 6.07) is 43.1. The zero-order valence-corrected chi connectivity index (χ0v) is 25.2. The van der Waals surface area contributed by atoms with E-state index in [4.69, 9.17) is 8.60 Å². The number of aromatic nitrogens is 1. The lowest BCUT2D eigenvalue weighted by Gasteiger charge is -2.26. The standard InChI is InChI=1S/C37H23F3N2O4S/c38-37(39,40)47(43,44)46-33-23-22-31(42-28-18-9-7-16-26(28)27-17-8-10-19-29(27)42)35-34-30(20-11-21-32(34)45-36(33)35)41(24-12-3-1-4-13-24)25-14-5-2-6-15-25/h1-23H. The number of para-hydroxylation sites is 4. The summed E-state index contributed by atoms with van der Waals surface area (Å²) >= 11 is 0. The van der Waals surface area contributed by atoms with E-state index in [2.05, 4.69) is 0 Å². The minimum absolute atomic E-state index is 0.138. The van der Waals surface area contributed by atoms with Crippen molar-refractivity contribution >= 4 is 70.9 Å². The van der Waals surface area contributed by atoms with Crippen molar-refractivity contribution in [2.75, 3.05) is 4.90 Å². The summed E-state index contributed by atoms with van der Waals surface area (Å²) in [4.78, 5) is 2.02. The first-order chi connectivity index (χ1) is 22.7. The highest BCUT2D eigenvalue weighted by molar-refractivity contribution is 7.88. The van der Waals surface area contributed by atoms with Crippen molar-refractivity contribution in [1.82, 2.24) is 4.57 Å². The molecule has 0 amide bonds. The quantitative estimate of drug-likeness (QED) is 0.133. The Morgan fingerprint density at radius 3 is 1.74 bits per heavy atom. The fourth-order valence-corrected chi connectivity index (χ4v) is 6.69. The second-order valence-corrected chi connectivity index (χ2v) is 12.4. The molecule has 8 aromatic rings. The minimum atomic E-state index is -6.01. The summed E-state index contributed by atoms with van der Waals surface area (Å²) in [6.45, 7) is 0. The van der Waals surface area contributed by atoms with Crippen LogP contribution in [0.1, 0.15) is 0 Å². The van der Waals surface area contributed by atoms with Gasteiger partial charge in [0.2, 0.25) is 0 Å². The number of hydrogen-bond acceptors (Lipinski definition) is 5. The maximum absolute atomic E-state index is 13.6. The molecule has 232 valence electrons. The van der Waals surface area contributed by atoms with Crippen LogP contribution in [0.25, 0.3) is 49.4 Å². The number of halogens is 3. The summed E-state index contributed by atoms with van der Waals surface area (Å²) in [5.41, 5.74) is -0.866. The van der Waals surface area contributed by atoms with Gasteiger partial charge in [0.05, 0.1) is 33.2 Å². The Morgan fingerprint density at radius 1 is 0.617 bits per heavy atom. The molecule has 10 heteroatoms. The van der Waals surface area contributed by atoms with Crippen molar-refractivity contribution in [2.24, 2.45) is 0 Å². The molecule has 47 heavy (non-hydrogen) atoms. The fourth-order valence-electron chi connectivity index (χ4n) is 6.23. The summed E-state index contributed by atoms with van der Waals surface area (Å²) in [5, 5.41) is 2.88. The fraction of sp³-hybridized carbons (Fsp3) is 0.0270. The van der Waals surface area contributed by atoms with Gasteiger partial charge in [-0.2, -0.15) is 21.6 Å². The lowest BCUT2D eigenvalue weighted by Crippen LogP contribution is -2.28. The molecule has 0 atom stereocenters. The lowest BCUT2D eigenvalue weighted by atomic mass is 10.1. The molecule has 6 aromatic carbocycles. The predicted molar refractivity (Wildman–Crippen MR) is 178 cm³/mol. The van der Waals surface area contributed by atoms with Crippen molar-refractivity contribution in [3.8, 4) is 11.4 Å². The Balaban J connectivity index is 1.53. The molecule has 8 rings (SSSR count). The molecule has 0 aliphatic rings. The molecule has 0 bridgehead atoms. The molecule has 0 radical (unpaired) electrons. The number of benzene rings is 6. The Bertz CT molecular complexity index is 2470. The lowest BCUT2D eigenvalue weighted by molar-refractivity contribution is -0.0499. The highest BCUT2D eigenvalue weighted by atomic mass is 32.2. The number of rotatable bonds is 6. The minimum Gasteiger partial charge on any atom is -0.452 e. The molecule has 6 nitrogen and oxygen atoms in total. The summed E-state index contributed by atoms with van der Waals surface area (Å²) in [6.07, 6.45) is 0. The normalized spacial score (nSPS) is 12.3. The number of nitrogens with zero attached hydrogens (tertiary/aromatic N) is 2. The average Bonchev–Trinajstić information content (AvgIpc) is 3.63. The summed E-state index contributed by atoms with van der Waals surface area (Å²) in [7, 11) is -6.01. The van der Waals surface area contributed by atoms with Gasteiger partial charge in [0.1, 0.15) is 5.58 Å². The van der Waals surface area contributed by atoms with Gasteiger partial charge in [-0.15, -0.1) is 0 Å². The van der Waals surface area contributed by atoms with E-state index < -0.39 is 21.4 Å². The van der Waals surface area contributed by atoms with Crippen LogP contribution in [-0.2, 0) is 10.1 Å². The number of hydrogen-bond donors (Lipinski definition) is 0. The SMILES string of the molecule is O=S(=O)(Oc1ccc(-n2c3ccccc3c3ccccc32)c2c1oc1cccc(N(c3ccccc3)c3ccccc3)c12)C(F)(F)F. The third-order valence-corrected chi connectivity index (χ3v) is 9.11. The molecule has 0 aliphatic carbocycles. The Morgan fingerprint density at radius 2 is 1.17 bits per heavy atom. The molecule has 2 aromatic heterocycles. The number of anilines is 3. The van der Waals surface area contributed by atoms with Gasteiger partial charge in [-0.05, 0) is 60.7 Å². The zero-order valence-electron chi connectivity index (χ0n) is 24.3. The van der Waals surface area contributed by atoms with Crippen molar-refractivity contribution < 1.29 is 30.2 Å². The highest BCUT2D eigenvalue weighted by Gasteiger charge is 2.49. The van der Waals surface area contributed by atoms with Gasteiger partial charge in [0.15, 0.2) is 11.3 Å². The monoisotopic (exact) mass is 648 g/mol. The highest BCUT2D eigenvalue weighted by Crippen LogP contribution is 2.48. The van der Waals surface area contributed by atoms with E-state index in [0.29, 0.717) is 27.7 Å². The number of fused-ring (bicyclic) bond motifs is 6. The van der Waals surface area contributed by atoms with Gasteiger partial charge in [-0.25, -0.2) is 0 Å². The third-order valence-electron chi connectivity index (χ3n) is 8.14.